The Bertz CT molecular complexity index is 743. The van der Waals surface area contributed by atoms with Crippen molar-refractivity contribution in [3.05, 3.63) is 50.2 Å². The fraction of sp³-hybridized carbons (Fsp3) is 0.143. The summed E-state index contributed by atoms with van der Waals surface area (Å²) in [6.45, 7) is 0. The van der Waals surface area contributed by atoms with Gasteiger partial charge in [-0.25, -0.2) is 5.43 Å². The smallest absolute Gasteiger partial charge is 0.266 e. The first-order valence-corrected chi connectivity index (χ1v) is 7.27. The zero-order valence-corrected chi connectivity index (χ0v) is 12.8. The molecule has 0 unspecified atom stereocenters. The van der Waals surface area contributed by atoms with Gasteiger partial charge in [-0.2, -0.15) is 5.10 Å². The third-order valence-electron chi connectivity index (χ3n) is 2.79. The number of thiophene rings is 1. The summed E-state index contributed by atoms with van der Waals surface area (Å²) in [5.41, 5.74) is 1.97. The molecule has 1 aromatic carbocycles. The van der Waals surface area contributed by atoms with Crippen molar-refractivity contribution in [2.24, 2.45) is 5.10 Å². The minimum atomic E-state index is -0.809. The van der Waals surface area contributed by atoms with Crippen LogP contribution in [-0.4, -0.2) is 24.2 Å². The van der Waals surface area contributed by atoms with E-state index >= 15 is 0 Å². The lowest BCUT2D eigenvalue weighted by molar-refractivity contribution is -0.398. The van der Waals surface area contributed by atoms with E-state index in [2.05, 4.69) is 10.5 Å². The van der Waals surface area contributed by atoms with Crippen molar-refractivity contribution in [3.8, 4) is 11.5 Å². The van der Waals surface area contributed by atoms with Gasteiger partial charge in [0.05, 0.1) is 24.7 Å². The summed E-state index contributed by atoms with van der Waals surface area (Å²) in [5.74, 6) is -1.28. The molecule has 0 aliphatic carbocycles. The van der Waals surface area contributed by atoms with Gasteiger partial charge in [0, 0.05) is 22.3 Å². The summed E-state index contributed by atoms with van der Waals surface area (Å²) >= 11 is 1.45. The van der Waals surface area contributed by atoms with E-state index in [1.807, 2.05) is 17.5 Å². The minimum Gasteiger partial charge on any atom is -0.865 e. The van der Waals surface area contributed by atoms with Crippen LogP contribution in [0, 0.1) is 10.1 Å². The van der Waals surface area contributed by atoms with Gasteiger partial charge in [0.15, 0.2) is 0 Å². The number of hydrogen-bond donors (Lipinski definition) is 1. The Balaban J connectivity index is 2.08. The molecule has 2 rings (SSSR count). The number of nitrogens with zero attached hydrogens (tertiary/aromatic N) is 2. The van der Waals surface area contributed by atoms with E-state index in [0.29, 0.717) is 0 Å². The van der Waals surface area contributed by atoms with Crippen LogP contribution in [0.5, 0.6) is 11.5 Å². The average molecular weight is 334 g/mol. The average Bonchev–Trinajstić information content (AvgIpc) is 3.01. The van der Waals surface area contributed by atoms with Crippen LogP contribution in [0.25, 0.3) is 0 Å². The number of hydrogen-bond acceptors (Lipinski definition) is 7. The SMILES string of the molecule is COc1cc(/C=N\NC(=O)Cc2cccs2)cc([N+](=O)[O-])c1[O-]. The van der Waals surface area contributed by atoms with Crippen molar-refractivity contribution in [3.63, 3.8) is 0 Å². The lowest BCUT2D eigenvalue weighted by atomic mass is 10.2. The second kappa shape index (κ2) is 7.36. The third-order valence-corrected chi connectivity index (χ3v) is 3.67. The molecular formula is C14H12N3O5S-. The van der Waals surface area contributed by atoms with E-state index in [4.69, 9.17) is 4.74 Å². The molecule has 9 heteroatoms. The highest BCUT2D eigenvalue weighted by Crippen LogP contribution is 2.33. The molecule has 1 amide bonds. The van der Waals surface area contributed by atoms with Gasteiger partial charge in [-0.3, -0.25) is 14.9 Å². The number of amides is 1. The van der Waals surface area contributed by atoms with Gasteiger partial charge >= 0.3 is 0 Å². The van der Waals surface area contributed by atoms with Crippen LogP contribution in [0.4, 0.5) is 5.69 Å². The second-order valence-electron chi connectivity index (χ2n) is 4.38. The number of ether oxygens (including phenoxy) is 1. The summed E-state index contributed by atoms with van der Waals surface area (Å²) in [6.07, 6.45) is 1.40. The summed E-state index contributed by atoms with van der Waals surface area (Å²) in [5, 5.41) is 28.1. The van der Waals surface area contributed by atoms with Crippen LogP contribution in [0.3, 0.4) is 0 Å². The van der Waals surface area contributed by atoms with Gasteiger partial charge in [-0.05, 0) is 17.5 Å². The van der Waals surface area contributed by atoms with Gasteiger partial charge < -0.3 is 9.84 Å². The number of methoxy groups -OCH3 is 1. The molecule has 0 spiro atoms. The van der Waals surface area contributed by atoms with Gasteiger partial charge in [0.2, 0.25) is 5.91 Å². The lowest BCUT2D eigenvalue weighted by Crippen LogP contribution is -2.19. The number of nitrogens with one attached hydrogen (secondary N) is 1. The van der Waals surface area contributed by atoms with Crippen LogP contribution in [-0.2, 0) is 11.2 Å². The molecule has 2 aromatic rings. The third kappa shape index (κ3) is 4.27. The standard InChI is InChI=1S/C14H13N3O5S/c1-22-12-6-9(5-11(14(12)19)17(20)21)8-15-16-13(18)7-10-3-2-4-23-10/h2-6,8,19H,7H2,1H3,(H,16,18)/p-1/b15-8-. The van der Waals surface area contributed by atoms with Crippen LogP contribution in [0.1, 0.15) is 10.4 Å². The second-order valence-corrected chi connectivity index (χ2v) is 5.41. The molecule has 0 aliphatic rings. The summed E-state index contributed by atoms with van der Waals surface area (Å²) in [7, 11) is 1.24. The Hall–Kier alpha value is -2.94. The first-order valence-electron chi connectivity index (χ1n) is 6.39. The molecule has 23 heavy (non-hydrogen) atoms. The fourth-order valence-corrected chi connectivity index (χ4v) is 2.46. The molecule has 0 saturated heterocycles. The molecule has 0 aliphatic heterocycles. The highest BCUT2D eigenvalue weighted by Gasteiger charge is 2.12. The molecule has 0 saturated carbocycles. The van der Waals surface area contributed by atoms with Gasteiger partial charge in [-0.1, -0.05) is 6.07 Å². The number of nitro groups is 1. The molecule has 0 bridgehead atoms. The fourth-order valence-electron chi connectivity index (χ4n) is 1.76. The van der Waals surface area contributed by atoms with E-state index in [1.165, 1.54) is 30.7 Å². The molecule has 0 radical (unpaired) electrons. The number of nitro benzene ring substituents is 1. The van der Waals surface area contributed by atoms with E-state index in [-0.39, 0.29) is 23.6 Å². The maximum atomic E-state index is 11.7. The first-order chi connectivity index (χ1) is 11.0. The van der Waals surface area contributed by atoms with Crippen LogP contribution in [0.15, 0.2) is 34.7 Å². The first kappa shape index (κ1) is 16.4. The van der Waals surface area contributed by atoms with Crippen LogP contribution in [0.2, 0.25) is 0 Å². The van der Waals surface area contributed by atoms with Gasteiger partial charge in [0.25, 0.3) is 5.69 Å². The molecule has 1 N–H and O–H groups in total. The Labute approximate surface area is 135 Å². The lowest BCUT2D eigenvalue weighted by Gasteiger charge is -2.12. The van der Waals surface area contributed by atoms with E-state index in [9.17, 15) is 20.0 Å². The van der Waals surface area contributed by atoms with Crippen molar-refractivity contribution in [2.45, 2.75) is 6.42 Å². The molecule has 0 fully saturated rings. The molecule has 120 valence electrons. The molecular weight excluding hydrogens is 322 g/mol. The minimum absolute atomic E-state index is 0.162. The van der Waals surface area contributed by atoms with Crippen LogP contribution < -0.4 is 15.3 Å². The zero-order chi connectivity index (χ0) is 16.8. The Morgan fingerprint density at radius 1 is 1.52 bits per heavy atom. The normalized spacial score (nSPS) is 10.7. The number of hydrazone groups is 1. The van der Waals surface area contributed by atoms with E-state index in [1.54, 1.807) is 0 Å². The Morgan fingerprint density at radius 2 is 2.30 bits per heavy atom. The zero-order valence-electron chi connectivity index (χ0n) is 12.0. The number of carbonyl (C=O) groups is 1. The monoisotopic (exact) mass is 334 g/mol. The van der Waals surface area contributed by atoms with Crippen molar-refractivity contribution in [1.82, 2.24) is 5.43 Å². The largest absolute Gasteiger partial charge is 0.865 e. The molecule has 1 aromatic heterocycles. The van der Waals surface area contributed by atoms with E-state index in [0.717, 1.165) is 10.9 Å². The molecule has 8 nitrogen and oxygen atoms in total. The van der Waals surface area contributed by atoms with Gasteiger partial charge in [0.1, 0.15) is 5.75 Å². The number of carbonyl (C=O) groups excluding carboxylic acids is 1. The van der Waals surface area contributed by atoms with Crippen molar-refractivity contribution in [1.29, 1.82) is 0 Å². The predicted octanol–water partition coefficient (Wildman–Crippen LogP) is 1.43. The highest BCUT2D eigenvalue weighted by atomic mass is 32.1. The highest BCUT2D eigenvalue weighted by molar-refractivity contribution is 7.10. The Morgan fingerprint density at radius 3 is 2.91 bits per heavy atom. The van der Waals surface area contributed by atoms with Crippen LogP contribution >= 0.6 is 11.3 Å². The summed E-state index contributed by atoms with van der Waals surface area (Å²) in [4.78, 5) is 22.6. The summed E-state index contributed by atoms with van der Waals surface area (Å²) in [6, 6.07) is 6.05. The van der Waals surface area contributed by atoms with Crippen molar-refractivity contribution >= 4 is 29.1 Å². The number of rotatable bonds is 6. The maximum Gasteiger partial charge on any atom is 0.266 e. The van der Waals surface area contributed by atoms with Crippen molar-refractivity contribution in [2.75, 3.05) is 7.11 Å². The Kier molecular flexibility index (Phi) is 5.26. The summed E-state index contributed by atoms with van der Waals surface area (Å²) < 4.78 is 4.81. The van der Waals surface area contributed by atoms with Gasteiger partial charge in [-0.15, -0.1) is 11.3 Å². The quantitative estimate of drug-likeness (QED) is 0.487. The predicted molar refractivity (Wildman–Crippen MR) is 82.9 cm³/mol. The number of benzene rings is 1. The van der Waals surface area contributed by atoms with Crippen molar-refractivity contribution < 1.29 is 19.6 Å². The molecule has 1 heterocycles. The van der Waals surface area contributed by atoms with E-state index < -0.39 is 16.4 Å². The topological polar surface area (TPSA) is 117 Å². The molecule has 0 atom stereocenters. The maximum absolute atomic E-state index is 11.7.